The van der Waals surface area contributed by atoms with Crippen LogP contribution in [0.2, 0.25) is 0 Å². The van der Waals surface area contributed by atoms with E-state index in [1.165, 1.54) is 6.07 Å². The topological polar surface area (TPSA) is 0 Å². The summed E-state index contributed by atoms with van der Waals surface area (Å²) in [5.74, 6) is 0. The number of alkyl halides is 12. The summed E-state index contributed by atoms with van der Waals surface area (Å²) in [6.07, 6.45) is -10.9. The van der Waals surface area contributed by atoms with E-state index < -0.39 is 73.4 Å². The van der Waals surface area contributed by atoms with Crippen molar-refractivity contribution in [2.45, 2.75) is 113 Å². The molecule has 0 spiro atoms. The molecule has 0 N–H and O–H groups in total. The summed E-state index contributed by atoms with van der Waals surface area (Å²) >= 11 is 0. The van der Waals surface area contributed by atoms with Gasteiger partial charge in [-0.3, -0.25) is 0 Å². The number of hydrogen-bond acceptors (Lipinski definition) is 0. The van der Waals surface area contributed by atoms with Crippen LogP contribution >= 0.6 is 15.8 Å². The van der Waals surface area contributed by atoms with Crippen LogP contribution in [0.5, 0.6) is 0 Å². The fourth-order valence-corrected chi connectivity index (χ4v) is 14.8. The molecular weight excluding hydrogens is 826 g/mol. The minimum atomic E-state index is -5.28. The molecule has 4 aromatic rings. The molecule has 55 heavy (non-hydrogen) atoms. The molecule has 2 fully saturated rings. The van der Waals surface area contributed by atoms with Crippen molar-refractivity contribution in [1.29, 1.82) is 0 Å². The fraction of sp³-hybridized carbons (Fsp3) is 0.450. The van der Waals surface area contributed by atoms with Gasteiger partial charge in [-0.1, -0.05) is 45.4 Å². The Morgan fingerprint density at radius 1 is 0.545 bits per heavy atom. The maximum atomic E-state index is 14.1. The normalized spacial score (nSPS) is 17.1. The first kappa shape index (κ1) is 45.4. The van der Waals surface area contributed by atoms with E-state index in [2.05, 4.69) is 0 Å². The summed E-state index contributed by atoms with van der Waals surface area (Å²) < 4.78 is 169. The maximum Gasteiger partial charge on any atom is 0.416 e. The SMILES string of the molecule is CC([c-]1cccc1P(c1cc(C(F)(F)F)cc(C(F)(F)F)c1)c1cc(C(F)(F)F)cc(C(F)(F)F)c1)P(C1CCCCC1)C1CCCCC1.[Fe].[cH-]1[cH-][cH-][cH-][cH-]1. The molecule has 0 bridgehead atoms. The van der Waals surface area contributed by atoms with E-state index in [4.69, 9.17) is 0 Å². The van der Waals surface area contributed by atoms with Crippen LogP contribution in [-0.4, -0.2) is 11.3 Å². The zero-order chi connectivity index (χ0) is 39.5. The van der Waals surface area contributed by atoms with Crippen LogP contribution in [0, 0.1) is 0 Å². The average Bonchev–Trinajstić information content (AvgIpc) is 3.84. The Hall–Kier alpha value is -2.32. The average molecular weight is 867 g/mol. The van der Waals surface area contributed by atoms with Gasteiger partial charge in [-0.25, -0.2) is 12.1 Å². The second kappa shape index (κ2) is 18.5. The predicted molar refractivity (Wildman–Crippen MR) is 192 cm³/mol. The molecule has 0 saturated heterocycles. The van der Waals surface area contributed by atoms with Crippen LogP contribution in [0.15, 0.2) is 84.9 Å². The van der Waals surface area contributed by atoms with Gasteiger partial charge in [0.25, 0.3) is 0 Å². The van der Waals surface area contributed by atoms with Crippen molar-refractivity contribution in [2.75, 3.05) is 0 Å². The Labute approximate surface area is 326 Å². The molecule has 2 saturated carbocycles. The smallest absolute Gasteiger partial charge is 0.416 e. The molecule has 4 aromatic carbocycles. The maximum absolute atomic E-state index is 14.1. The Morgan fingerprint density at radius 3 is 1.18 bits per heavy atom. The van der Waals surface area contributed by atoms with Crippen LogP contribution in [0.3, 0.4) is 0 Å². The van der Waals surface area contributed by atoms with Gasteiger partial charge in [-0.15, -0.1) is 18.8 Å². The van der Waals surface area contributed by atoms with Gasteiger partial charge in [-0.2, -0.15) is 58.8 Å². The molecule has 0 aliphatic heterocycles. The minimum Gasteiger partial charge on any atom is -0.748 e. The second-order valence-electron chi connectivity index (χ2n) is 13.9. The third kappa shape index (κ3) is 11.6. The molecule has 1 atom stereocenters. The zero-order valence-electron chi connectivity index (χ0n) is 29.7. The van der Waals surface area contributed by atoms with Gasteiger partial charge in [0.05, 0.1) is 22.3 Å². The number of halogens is 12. The van der Waals surface area contributed by atoms with Gasteiger partial charge in [0, 0.05) is 17.1 Å². The molecule has 0 aromatic heterocycles. The van der Waals surface area contributed by atoms with Gasteiger partial charge in [0.2, 0.25) is 0 Å². The van der Waals surface area contributed by atoms with Gasteiger partial charge in [0.15, 0.2) is 0 Å². The summed E-state index contributed by atoms with van der Waals surface area (Å²) in [5, 5.41) is -1.10. The van der Waals surface area contributed by atoms with Crippen molar-refractivity contribution in [3.63, 3.8) is 0 Å². The number of rotatable bonds is 7. The van der Waals surface area contributed by atoms with Crippen molar-refractivity contribution in [2.24, 2.45) is 0 Å². The first-order chi connectivity index (χ1) is 25.2. The first-order valence-electron chi connectivity index (χ1n) is 17.8. The van der Waals surface area contributed by atoms with E-state index in [0.717, 1.165) is 64.2 Å². The van der Waals surface area contributed by atoms with Crippen molar-refractivity contribution < 1.29 is 69.8 Å². The summed E-state index contributed by atoms with van der Waals surface area (Å²) in [6, 6.07) is 16.2. The molecule has 0 nitrogen and oxygen atoms in total. The Morgan fingerprint density at radius 2 is 0.873 bits per heavy atom. The van der Waals surface area contributed by atoms with Crippen LogP contribution in [0.25, 0.3) is 0 Å². The quantitative estimate of drug-likeness (QED) is 0.0751. The van der Waals surface area contributed by atoms with Crippen LogP contribution in [-0.2, 0) is 41.8 Å². The zero-order valence-corrected chi connectivity index (χ0v) is 32.6. The standard InChI is InChI=1S/C35H35F12P2.C5H5.Fe/c1-21(48(26-9-4-2-5-10-26)27-11-6-3-7-12-27)30-13-8-14-31(30)49(28-17-22(32(36,37)38)15-23(18-28)33(39,40)41)29-19-24(34(42,43)44)16-25(20-29)35(45,46)47;1-2-4-5-3-1;/h8,13-21,26-27H,2-7,9-12H2,1H3;1-5H;/q-1;-5;. The van der Waals surface area contributed by atoms with E-state index in [0.29, 0.717) is 41.1 Å². The Kier molecular flexibility index (Phi) is 15.3. The van der Waals surface area contributed by atoms with Gasteiger partial charge in [-0.05, 0) is 97.6 Å². The molecule has 2 aliphatic rings. The molecule has 0 amide bonds. The van der Waals surface area contributed by atoms with Crippen LogP contribution in [0.1, 0.15) is 105 Å². The van der Waals surface area contributed by atoms with Gasteiger partial charge in [0.1, 0.15) is 0 Å². The van der Waals surface area contributed by atoms with E-state index in [1.807, 2.05) is 37.3 Å². The first-order valence-corrected chi connectivity index (χ1v) is 20.7. The van der Waals surface area contributed by atoms with E-state index >= 15 is 0 Å². The second-order valence-corrected chi connectivity index (χ2v) is 19.2. The monoisotopic (exact) mass is 866 g/mol. The van der Waals surface area contributed by atoms with Crippen LogP contribution < -0.4 is 15.9 Å². The molecule has 15 heteroatoms. The largest absolute Gasteiger partial charge is 0.748 e. The minimum absolute atomic E-state index is 0. The molecule has 308 valence electrons. The number of hydrogen-bond donors (Lipinski definition) is 0. The van der Waals surface area contributed by atoms with Crippen molar-refractivity contribution >= 4 is 31.8 Å². The summed E-state index contributed by atoms with van der Waals surface area (Å²) in [4.78, 5) is 0. The molecule has 2 aliphatic carbocycles. The molecule has 6 rings (SSSR count). The molecule has 0 radical (unpaired) electrons. The third-order valence-electron chi connectivity index (χ3n) is 10.2. The van der Waals surface area contributed by atoms with Crippen LogP contribution in [0.4, 0.5) is 52.7 Å². The Bertz CT molecular complexity index is 1600. The van der Waals surface area contributed by atoms with Crippen molar-refractivity contribution in [3.05, 3.63) is 113 Å². The Balaban J connectivity index is 0.00000104. The number of benzene rings is 2. The molecule has 1 unspecified atom stereocenters. The fourth-order valence-electron chi connectivity index (χ4n) is 7.71. The predicted octanol–water partition coefficient (Wildman–Crippen LogP) is 13.9. The van der Waals surface area contributed by atoms with Gasteiger partial charge < -0.3 is 30.3 Å². The summed E-state index contributed by atoms with van der Waals surface area (Å²) in [5.41, 5.74) is -5.75. The molecular formula is C40H40F12FeP2-6. The van der Waals surface area contributed by atoms with Crippen molar-refractivity contribution in [3.8, 4) is 0 Å². The third-order valence-corrected chi connectivity index (χ3v) is 16.5. The summed E-state index contributed by atoms with van der Waals surface area (Å²) in [7, 11) is -3.56. The summed E-state index contributed by atoms with van der Waals surface area (Å²) in [6.45, 7) is 1.96. The van der Waals surface area contributed by atoms with E-state index in [-0.39, 0.29) is 40.2 Å². The van der Waals surface area contributed by atoms with E-state index in [9.17, 15) is 52.7 Å². The van der Waals surface area contributed by atoms with Gasteiger partial charge >= 0.3 is 24.7 Å². The van der Waals surface area contributed by atoms with E-state index in [1.54, 1.807) is 12.1 Å². The van der Waals surface area contributed by atoms with Crippen molar-refractivity contribution in [1.82, 2.24) is 0 Å². The molecule has 0 heterocycles.